The average molecular weight is 487 g/mol. The van der Waals surface area contributed by atoms with Crippen LogP contribution in [-0.4, -0.2) is 20.8 Å². The van der Waals surface area contributed by atoms with Gasteiger partial charge in [0.1, 0.15) is 6.33 Å². The van der Waals surface area contributed by atoms with E-state index in [0.717, 1.165) is 18.5 Å². The second-order valence-electron chi connectivity index (χ2n) is 6.05. The number of anilines is 3. The van der Waals surface area contributed by atoms with Gasteiger partial charge in [0, 0.05) is 5.02 Å². The lowest BCUT2D eigenvalue weighted by Gasteiger charge is -2.15. The van der Waals surface area contributed by atoms with Crippen molar-refractivity contribution < 1.29 is 22.9 Å². The normalized spacial score (nSPS) is 11.0. The van der Waals surface area contributed by atoms with Gasteiger partial charge in [-0.15, -0.1) is 0 Å². The molecule has 166 valence electrons. The Morgan fingerprint density at radius 2 is 1.75 bits per heavy atom. The molecule has 0 bridgehead atoms. The van der Waals surface area contributed by atoms with Crippen LogP contribution in [0.1, 0.15) is 15.9 Å². The first-order chi connectivity index (χ1) is 15.1. The lowest BCUT2D eigenvalue weighted by atomic mass is 10.1. The number of hydrogen-bond donors (Lipinski definition) is 3. The first-order valence-corrected chi connectivity index (χ1v) is 9.27. The molecule has 0 unspecified atom stereocenters. The van der Waals surface area contributed by atoms with E-state index in [4.69, 9.17) is 23.2 Å². The molecule has 1 amide bonds. The van der Waals surface area contributed by atoms with Crippen molar-refractivity contribution >= 4 is 52.1 Å². The first-order valence-electron chi connectivity index (χ1n) is 8.52. The summed E-state index contributed by atoms with van der Waals surface area (Å²) in [5.74, 6) is -1.77. The van der Waals surface area contributed by atoms with E-state index in [2.05, 4.69) is 26.1 Å². The number of nitrogens with zero attached hydrogens (tertiary/aromatic N) is 3. The monoisotopic (exact) mass is 486 g/mol. The number of hydrazine groups is 1. The molecule has 3 N–H and O–H groups in total. The fraction of sp³-hybridized carbons (Fsp3) is 0.0556. The topological polar surface area (TPSA) is 122 Å². The summed E-state index contributed by atoms with van der Waals surface area (Å²) in [7, 11) is 0. The van der Waals surface area contributed by atoms with E-state index in [1.54, 1.807) is 0 Å². The Hall–Kier alpha value is -3.64. The SMILES string of the molecule is O=C(NNc1ncnc(Nc2ccccc2C(F)(F)F)c1[N+](=O)[O-])c1ccc(Cl)cc1Cl. The molecule has 1 heterocycles. The van der Waals surface area contributed by atoms with E-state index < -0.39 is 45.6 Å². The maximum atomic E-state index is 13.2. The number of alkyl halides is 3. The van der Waals surface area contributed by atoms with Gasteiger partial charge in [0.15, 0.2) is 0 Å². The van der Waals surface area contributed by atoms with Gasteiger partial charge >= 0.3 is 11.9 Å². The van der Waals surface area contributed by atoms with Crippen molar-refractivity contribution in [3.63, 3.8) is 0 Å². The third-order valence-corrected chi connectivity index (χ3v) is 4.51. The van der Waals surface area contributed by atoms with Crippen molar-refractivity contribution in [3.8, 4) is 0 Å². The van der Waals surface area contributed by atoms with E-state index >= 15 is 0 Å². The highest BCUT2D eigenvalue weighted by atomic mass is 35.5. The van der Waals surface area contributed by atoms with Gasteiger partial charge < -0.3 is 5.32 Å². The molecule has 0 saturated carbocycles. The van der Waals surface area contributed by atoms with Crippen LogP contribution in [0.3, 0.4) is 0 Å². The molecule has 0 spiro atoms. The molecule has 14 heteroatoms. The molecule has 0 atom stereocenters. The molecular formula is C18H11Cl2F3N6O3. The van der Waals surface area contributed by atoms with Gasteiger partial charge in [0.05, 0.1) is 26.8 Å². The van der Waals surface area contributed by atoms with Crippen LogP contribution in [-0.2, 0) is 6.18 Å². The number of hydrogen-bond acceptors (Lipinski definition) is 7. The summed E-state index contributed by atoms with van der Waals surface area (Å²) in [6, 6.07) is 8.46. The molecular weight excluding hydrogens is 476 g/mol. The van der Waals surface area contributed by atoms with Gasteiger partial charge in [-0.2, -0.15) is 13.2 Å². The van der Waals surface area contributed by atoms with Crippen molar-refractivity contribution in [2.75, 3.05) is 10.7 Å². The summed E-state index contributed by atoms with van der Waals surface area (Å²) in [5, 5.41) is 14.2. The Bertz CT molecular complexity index is 1190. The Morgan fingerprint density at radius 3 is 2.41 bits per heavy atom. The fourth-order valence-corrected chi connectivity index (χ4v) is 3.05. The van der Waals surface area contributed by atoms with E-state index in [1.165, 1.54) is 30.3 Å². The minimum Gasteiger partial charge on any atom is -0.334 e. The van der Waals surface area contributed by atoms with Crippen LogP contribution in [0.5, 0.6) is 0 Å². The zero-order valence-electron chi connectivity index (χ0n) is 15.6. The molecule has 2 aromatic carbocycles. The maximum Gasteiger partial charge on any atom is 0.418 e. The molecule has 0 radical (unpaired) electrons. The highest BCUT2D eigenvalue weighted by Crippen LogP contribution is 2.38. The number of carbonyl (C=O) groups is 1. The number of rotatable bonds is 6. The average Bonchev–Trinajstić information content (AvgIpc) is 2.71. The van der Waals surface area contributed by atoms with E-state index in [9.17, 15) is 28.1 Å². The third-order valence-electron chi connectivity index (χ3n) is 3.96. The molecule has 0 fully saturated rings. The van der Waals surface area contributed by atoms with E-state index in [1.807, 2.05) is 0 Å². The summed E-state index contributed by atoms with van der Waals surface area (Å²) >= 11 is 11.7. The molecule has 3 rings (SSSR count). The van der Waals surface area contributed by atoms with Crippen LogP contribution in [0.2, 0.25) is 10.0 Å². The Labute approximate surface area is 187 Å². The van der Waals surface area contributed by atoms with Crippen molar-refractivity contribution in [3.05, 3.63) is 80.1 Å². The maximum absolute atomic E-state index is 13.2. The number of amides is 1. The van der Waals surface area contributed by atoms with Gasteiger partial charge in [0.25, 0.3) is 5.91 Å². The minimum atomic E-state index is -4.71. The van der Waals surface area contributed by atoms with Gasteiger partial charge in [0.2, 0.25) is 11.6 Å². The molecule has 9 nitrogen and oxygen atoms in total. The van der Waals surface area contributed by atoms with Gasteiger partial charge in [-0.05, 0) is 30.3 Å². The highest BCUT2D eigenvalue weighted by Gasteiger charge is 2.34. The van der Waals surface area contributed by atoms with Crippen LogP contribution < -0.4 is 16.2 Å². The zero-order valence-corrected chi connectivity index (χ0v) is 17.1. The lowest BCUT2D eigenvalue weighted by molar-refractivity contribution is -0.383. The first kappa shape index (κ1) is 23.0. The highest BCUT2D eigenvalue weighted by molar-refractivity contribution is 6.36. The van der Waals surface area contributed by atoms with Crippen LogP contribution in [0.15, 0.2) is 48.8 Å². The number of halogens is 5. The summed E-state index contributed by atoms with van der Waals surface area (Å²) < 4.78 is 39.7. The van der Waals surface area contributed by atoms with Crippen molar-refractivity contribution in [2.24, 2.45) is 0 Å². The number of para-hydroxylation sites is 1. The number of carbonyl (C=O) groups excluding carboxylic acids is 1. The molecule has 32 heavy (non-hydrogen) atoms. The smallest absolute Gasteiger partial charge is 0.334 e. The Kier molecular flexibility index (Phi) is 6.65. The summed E-state index contributed by atoms with van der Waals surface area (Å²) in [6.07, 6.45) is -3.84. The summed E-state index contributed by atoms with van der Waals surface area (Å²) in [4.78, 5) is 30.3. The number of benzene rings is 2. The largest absolute Gasteiger partial charge is 0.418 e. The third kappa shape index (κ3) is 5.15. The predicted octanol–water partition coefficient (Wildman–Crippen LogP) is 5.21. The quantitative estimate of drug-likeness (QED) is 0.322. The second-order valence-corrected chi connectivity index (χ2v) is 6.89. The van der Waals surface area contributed by atoms with E-state index in [-0.39, 0.29) is 10.6 Å². The molecule has 3 aromatic rings. The van der Waals surface area contributed by atoms with Crippen LogP contribution in [0, 0.1) is 10.1 Å². The van der Waals surface area contributed by atoms with Crippen LogP contribution in [0.25, 0.3) is 0 Å². The van der Waals surface area contributed by atoms with Gasteiger partial charge in [-0.1, -0.05) is 35.3 Å². The van der Waals surface area contributed by atoms with Crippen LogP contribution in [0.4, 0.5) is 36.2 Å². The summed E-state index contributed by atoms with van der Waals surface area (Å²) in [5.41, 5.74) is 2.15. The lowest BCUT2D eigenvalue weighted by Crippen LogP contribution is -2.30. The number of aromatic nitrogens is 2. The number of nitro groups is 1. The molecule has 0 saturated heterocycles. The molecule has 0 aliphatic carbocycles. The van der Waals surface area contributed by atoms with Crippen molar-refractivity contribution in [1.29, 1.82) is 0 Å². The van der Waals surface area contributed by atoms with Gasteiger partial charge in [-0.3, -0.25) is 25.8 Å². The standard InChI is InChI=1S/C18H11Cl2F3N6O3/c19-9-5-6-10(12(20)7-9)17(30)28-27-16-14(29(31)32)15(24-8-25-16)26-13-4-2-1-3-11(13)18(21,22)23/h1-8H,(H,28,30)(H2,24,25,26,27). The minimum absolute atomic E-state index is 0.0118. The van der Waals surface area contributed by atoms with E-state index in [0.29, 0.717) is 5.02 Å². The summed E-state index contributed by atoms with van der Waals surface area (Å²) in [6.45, 7) is 0. The molecule has 0 aliphatic rings. The van der Waals surface area contributed by atoms with Crippen molar-refractivity contribution in [2.45, 2.75) is 6.18 Å². The Balaban J connectivity index is 1.89. The van der Waals surface area contributed by atoms with Gasteiger partial charge in [-0.25, -0.2) is 9.97 Å². The van der Waals surface area contributed by atoms with Crippen molar-refractivity contribution in [1.82, 2.24) is 15.4 Å². The zero-order chi connectivity index (χ0) is 23.5. The predicted molar refractivity (Wildman–Crippen MR) is 111 cm³/mol. The number of nitrogens with one attached hydrogen (secondary N) is 3. The van der Waals surface area contributed by atoms with Crippen LogP contribution >= 0.6 is 23.2 Å². The molecule has 1 aromatic heterocycles. The fourth-order valence-electron chi connectivity index (χ4n) is 2.56. The molecule has 0 aliphatic heterocycles. The Morgan fingerprint density at radius 1 is 1.06 bits per heavy atom. The second kappa shape index (κ2) is 9.24.